The SMILES string of the molecule is O=C1NCC2(CCCC2)c2cc(Br)ccc21. The summed E-state index contributed by atoms with van der Waals surface area (Å²) < 4.78 is 1.08. The number of halogens is 1. The molecule has 0 aromatic heterocycles. The van der Waals surface area contributed by atoms with Gasteiger partial charge in [0, 0.05) is 22.0 Å². The molecule has 1 aliphatic heterocycles. The van der Waals surface area contributed by atoms with E-state index >= 15 is 0 Å². The van der Waals surface area contributed by atoms with Crippen LogP contribution in [0.3, 0.4) is 0 Å². The third-order valence-corrected chi connectivity index (χ3v) is 4.44. The largest absolute Gasteiger partial charge is 0.351 e. The Hall–Kier alpha value is -0.830. The third kappa shape index (κ3) is 1.41. The third-order valence-electron chi connectivity index (χ3n) is 3.95. The average Bonchev–Trinajstić information content (AvgIpc) is 2.74. The highest BCUT2D eigenvalue weighted by atomic mass is 79.9. The molecule has 0 radical (unpaired) electrons. The average molecular weight is 280 g/mol. The first-order valence-corrected chi connectivity index (χ1v) is 6.59. The Morgan fingerprint density at radius 1 is 1.25 bits per heavy atom. The molecule has 1 N–H and O–H groups in total. The van der Waals surface area contributed by atoms with Gasteiger partial charge in [-0.3, -0.25) is 4.79 Å². The summed E-state index contributed by atoms with van der Waals surface area (Å²) in [6, 6.07) is 6.03. The summed E-state index contributed by atoms with van der Waals surface area (Å²) >= 11 is 3.51. The molecule has 1 saturated carbocycles. The molecule has 3 rings (SSSR count). The predicted octanol–water partition coefficient (Wildman–Crippen LogP) is 3.00. The van der Waals surface area contributed by atoms with Crippen LogP contribution in [-0.2, 0) is 5.41 Å². The van der Waals surface area contributed by atoms with Gasteiger partial charge in [0.05, 0.1) is 0 Å². The van der Waals surface area contributed by atoms with Crippen LogP contribution < -0.4 is 5.32 Å². The molecule has 0 saturated heterocycles. The lowest BCUT2D eigenvalue weighted by molar-refractivity contribution is 0.0925. The van der Waals surface area contributed by atoms with E-state index in [0.29, 0.717) is 0 Å². The van der Waals surface area contributed by atoms with Crippen molar-refractivity contribution in [3.05, 3.63) is 33.8 Å². The number of hydrogen-bond acceptors (Lipinski definition) is 1. The molecule has 3 heteroatoms. The molecule has 0 unspecified atom stereocenters. The molecule has 2 nitrogen and oxygen atoms in total. The van der Waals surface area contributed by atoms with Crippen LogP contribution in [0.5, 0.6) is 0 Å². The summed E-state index contributed by atoms with van der Waals surface area (Å²) in [5, 5.41) is 3.04. The second-order valence-electron chi connectivity index (χ2n) is 4.86. The molecule has 1 aliphatic carbocycles. The Morgan fingerprint density at radius 2 is 2.00 bits per heavy atom. The monoisotopic (exact) mass is 279 g/mol. The van der Waals surface area contributed by atoms with E-state index in [1.807, 2.05) is 12.1 Å². The summed E-state index contributed by atoms with van der Waals surface area (Å²) in [6.07, 6.45) is 4.97. The lowest BCUT2D eigenvalue weighted by Crippen LogP contribution is -2.45. The van der Waals surface area contributed by atoms with Crippen molar-refractivity contribution in [1.29, 1.82) is 0 Å². The van der Waals surface area contributed by atoms with Gasteiger partial charge in [0.2, 0.25) is 0 Å². The molecule has 1 heterocycles. The van der Waals surface area contributed by atoms with Crippen molar-refractivity contribution in [1.82, 2.24) is 5.32 Å². The lowest BCUT2D eigenvalue weighted by Gasteiger charge is -2.35. The van der Waals surface area contributed by atoms with E-state index in [-0.39, 0.29) is 11.3 Å². The maximum absolute atomic E-state index is 11.8. The van der Waals surface area contributed by atoms with Gasteiger partial charge in [-0.05, 0) is 36.6 Å². The maximum Gasteiger partial charge on any atom is 0.251 e. The standard InChI is InChI=1S/C13H14BrNO/c14-9-3-4-10-11(7-9)13(5-1-2-6-13)8-15-12(10)16/h3-4,7H,1-2,5-6,8H2,(H,15,16). The molecule has 0 bridgehead atoms. The molecule has 1 spiro atoms. The zero-order valence-corrected chi connectivity index (χ0v) is 10.6. The second-order valence-corrected chi connectivity index (χ2v) is 5.78. The first kappa shape index (κ1) is 10.3. The highest BCUT2D eigenvalue weighted by molar-refractivity contribution is 9.10. The minimum absolute atomic E-state index is 0.0834. The van der Waals surface area contributed by atoms with Crippen LogP contribution in [0.2, 0.25) is 0 Å². The van der Waals surface area contributed by atoms with Crippen molar-refractivity contribution >= 4 is 21.8 Å². The smallest absolute Gasteiger partial charge is 0.251 e. The Kier molecular flexibility index (Phi) is 2.32. The molecular weight excluding hydrogens is 266 g/mol. The van der Waals surface area contributed by atoms with Crippen LogP contribution in [-0.4, -0.2) is 12.5 Å². The Balaban J connectivity index is 2.18. The van der Waals surface area contributed by atoms with E-state index in [1.54, 1.807) is 0 Å². The summed E-state index contributed by atoms with van der Waals surface area (Å²) in [7, 11) is 0. The van der Waals surface area contributed by atoms with E-state index in [1.165, 1.54) is 31.2 Å². The number of benzene rings is 1. The van der Waals surface area contributed by atoms with E-state index in [4.69, 9.17) is 0 Å². The first-order valence-electron chi connectivity index (χ1n) is 5.80. The van der Waals surface area contributed by atoms with Crippen LogP contribution in [0.1, 0.15) is 41.6 Å². The number of nitrogens with one attached hydrogen (secondary N) is 1. The molecule has 1 amide bonds. The summed E-state index contributed by atoms with van der Waals surface area (Å²) in [5.74, 6) is 0.0834. The van der Waals surface area contributed by atoms with Crippen LogP contribution in [0.4, 0.5) is 0 Å². The van der Waals surface area contributed by atoms with Crippen molar-refractivity contribution in [2.75, 3.05) is 6.54 Å². The quantitative estimate of drug-likeness (QED) is 0.777. The lowest BCUT2D eigenvalue weighted by atomic mass is 9.74. The van der Waals surface area contributed by atoms with Gasteiger partial charge in [0.15, 0.2) is 0 Å². The van der Waals surface area contributed by atoms with Gasteiger partial charge in [-0.25, -0.2) is 0 Å². The highest BCUT2D eigenvalue weighted by Gasteiger charge is 2.41. The van der Waals surface area contributed by atoms with Crippen molar-refractivity contribution in [3.63, 3.8) is 0 Å². The van der Waals surface area contributed by atoms with Crippen molar-refractivity contribution in [3.8, 4) is 0 Å². The minimum Gasteiger partial charge on any atom is -0.351 e. The van der Waals surface area contributed by atoms with Crippen LogP contribution >= 0.6 is 15.9 Å². The molecule has 1 fully saturated rings. The Morgan fingerprint density at radius 3 is 2.75 bits per heavy atom. The Bertz CT molecular complexity index is 449. The summed E-state index contributed by atoms with van der Waals surface area (Å²) in [5.41, 5.74) is 2.34. The number of fused-ring (bicyclic) bond motifs is 2. The van der Waals surface area contributed by atoms with Gasteiger partial charge in [0.1, 0.15) is 0 Å². The summed E-state index contributed by atoms with van der Waals surface area (Å²) in [4.78, 5) is 11.8. The molecule has 2 aliphatic rings. The van der Waals surface area contributed by atoms with Crippen LogP contribution in [0, 0.1) is 0 Å². The van der Waals surface area contributed by atoms with Gasteiger partial charge in [-0.1, -0.05) is 28.8 Å². The zero-order chi connectivity index (χ0) is 11.2. The van der Waals surface area contributed by atoms with E-state index in [0.717, 1.165) is 16.6 Å². The number of rotatable bonds is 0. The minimum atomic E-state index is 0.0834. The first-order chi connectivity index (χ1) is 7.71. The van der Waals surface area contributed by atoms with Gasteiger partial charge >= 0.3 is 0 Å². The molecule has 0 atom stereocenters. The fourth-order valence-corrected chi connectivity index (χ4v) is 3.45. The van der Waals surface area contributed by atoms with Crippen LogP contribution in [0.25, 0.3) is 0 Å². The van der Waals surface area contributed by atoms with Crippen molar-refractivity contribution in [2.24, 2.45) is 0 Å². The topological polar surface area (TPSA) is 29.1 Å². The molecular formula is C13H14BrNO. The van der Waals surface area contributed by atoms with Gasteiger partial charge < -0.3 is 5.32 Å². The van der Waals surface area contributed by atoms with Gasteiger partial charge in [0.25, 0.3) is 5.91 Å². The van der Waals surface area contributed by atoms with Crippen LogP contribution in [0.15, 0.2) is 22.7 Å². The zero-order valence-electron chi connectivity index (χ0n) is 9.05. The number of hydrogen-bond donors (Lipinski definition) is 1. The molecule has 1 aromatic rings. The number of amides is 1. The van der Waals surface area contributed by atoms with Crippen molar-refractivity contribution < 1.29 is 4.79 Å². The molecule has 84 valence electrons. The van der Waals surface area contributed by atoms with Crippen molar-refractivity contribution in [2.45, 2.75) is 31.1 Å². The predicted molar refractivity (Wildman–Crippen MR) is 66.6 cm³/mol. The fraction of sp³-hybridized carbons (Fsp3) is 0.462. The summed E-state index contributed by atoms with van der Waals surface area (Å²) in [6.45, 7) is 0.815. The Labute approximate surface area is 104 Å². The van der Waals surface area contributed by atoms with Gasteiger partial charge in [-0.2, -0.15) is 0 Å². The normalized spacial score (nSPS) is 21.9. The second kappa shape index (κ2) is 3.59. The van der Waals surface area contributed by atoms with E-state index in [9.17, 15) is 4.79 Å². The van der Waals surface area contributed by atoms with Gasteiger partial charge in [-0.15, -0.1) is 0 Å². The fourth-order valence-electron chi connectivity index (χ4n) is 3.09. The molecule has 16 heavy (non-hydrogen) atoms. The van der Waals surface area contributed by atoms with E-state index in [2.05, 4.69) is 27.3 Å². The maximum atomic E-state index is 11.8. The number of carbonyl (C=O) groups excluding carboxylic acids is 1. The highest BCUT2D eigenvalue weighted by Crippen LogP contribution is 2.44. The number of carbonyl (C=O) groups is 1. The molecule has 1 aromatic carbocycles. The van der Waals surface area contributed by atoms with E-state index < -0.39 is 0 Å².